The summed E-state index contributed by atoms with van der Waals surface area (Å²) in [6.45, 7) is 2.63. The third-order valence-electron chi connectivity index (χ3n) is 5.02. The number of likely N-dealkylation sites (N-methyl/N-ethyl adjacent to an activating group) is 1. The summed E-state index contributed by atoms with van der Waals surface area (Å²) < 4.78 is 26.9. The number of aromatic nitrogens is 2. The number of alkyl halides is 2. The zero-order chi connectivity index (χ0) is 20.1. The highest BCUT2D eigenvalue weighted by Crippen LogP contribution is 2.27. The molecule has 6 nitrogen and oxygen atoms in total. The molecule has 3 rings (SSSR count). The third-order valence-corrected chi connectivity index (χ3v) is 5.02. The molecule has 1 atom stereocenters. The lowest BCUT2D eigenvalue weighted by atomic mass is 10.0. The van der Waals surface area contributed by atoms with E-state index in [1.54, 1.807) is 30.3 Å². The number of anilines is 1. The molecular formula is C20H25F2N5O. The summed E-state index contributed by atoms with van der Waals surface area (Å²) in [6.07, 6.45) is 3.48. The fraction of sp³-hybridized carbons (Fsp3) is 0.450. The Morgan fingerprint density at radius 1 is 1.36 bits per heavy atom. The van der Waals surface area contributed by atoms with Gasteiger partial charge in [0.1, 0.15) is 0 Å². The van der Waals surface area contributed by atoms with Crippen molar-refractivity contribution in [1.29, 1.82) is 0 Å². The van der Waals surface area contributed by atoms with E-state index < -0.39 is 5.92 Å². The molecule has 8 heteroatoms. The van der Waals surface area contributed by atoms with E-state index in [1.807, 2.05) is 12.1 Å². The maximum Gasteiger partial charge on any atom is 0.317 e. The number of rotatable bonds is 5. The smallest absolute Gasteiger partial charge is 0.317 e. The zero-order valence-electron chi connectivity index (χ0n) is 16.1. The predicted molar refractivity (Wildman–Crippen MR) is 103 cm³/mol. The van der Waals surface area contributed by atoms with Crippen molar-refractivity contribution in [3.63, 3.8) is 0 Å². The molecule has 0 aliphatic carbocycles. The summed E-state index contributed by atoms with van der Waals surface area (Å²) >= 11 is 0. The number of urea groups is 1. The minimum absolute atomic E-state index is 0.0436. The van der Waals surface area contributed by atoms with Crippen LogP contribution in [0.3, 0.4) is 0 Å². The van der Waals surface area contributed by atoms with Crippen LogP contribution < -0.4 is 10.2 Å². The van der Waals surface area contributed by atoms with Gasteiger partial charge in [0, 0.05) is 45.4 Å². The van der Waals surface area contributed by atoms with Crippen molar-refractivity contribution in [2.24, 2.45) is 0 Å². The normalized spacial score (nSPS) is 17.3. The van der Waals surface area contributed by atoms with Gasteiger partial charge in [-0.05, 0) is 36.6 Å². The van der Waals surface area contributed by atoms with Crippen molar-refractivity contribution < 1.29 is 13.6 Å². The van der Waals surface area contributed by atoms with Crippen LogP contribution in [-0.2, 0) is 12.5 Å². The summed E-state index contributed by atoms with van der Waals surface area (Å²) in [5.74, 6) is -2.10. The van der Waals surface area contributed by atoms with Crippen LogP contribution in [0.5, 0.6) is 0 Å². The number of amides is 2. The second-order valence-corrected chi connectivity index (χ2v) is 7.18. The predicted octanol–water partition coefficient (Wildman–Crippen LogP) is 3.40. The molecule has 1 aromatic heterocycles. The van der Waals surface area contributed by atoms with Crippen molar-refractivity contribution in [3.05, 3.63) is 53.7 Å². The molecule has 2 amide bonds. The molecule has 1 aliphatic rings. The first-order valence-corrected chi connectivity index (χ1v) is 9.35. The van der Waals surface area contributed by atoms with Crippen molar-refractivity contribution in [2.45, 2.75) is 38.3 Å². The fourth-order valence-electron chi connectivity index (χ4n) is 3.36. The number of nitrogens with zero attached hydrogens (tertiary/aromatic N) is 4. The lowest BCUT2D eigenvalue weighted by molar-refractivity contribution is 0.0174. The van der Waals surface area contributed by atoms with E-state index >= 15 is 0 Å². The molecule has 0 unspecified atom stereocenters. The first-order valence-electron chi connectivity index (χ1n) is 9.35. The van der Waals surface area contributed by atoms with Gasteiger partial charge in [0.2, 0.25) is 0 Å². The topological polar surface area (TPSA) is 61.4 Å². The van der Waals surface area contributed by atoms with Gasteiger partial charge in [-0.2, -0.15) is 5.10 Å². The Kier molecular flexibility index (Phi) is 6.06. The number of carbonyl (C=O) groups is 1. The fourth-order valence-corrected chi connectivity index (χ4v) is 3.36. The molecule has 1 aliphatic heterocycles. The molecule has 0 spiro atoms. The van der Waals surface area contributed by atoms with Gasteiger partial charge in [0.05, 0.1) is 6.04 Å². The summed E-state index contributed by atoms with van der Waals surface area (Å²) in [5.41, 5.74) is 0.588. The second kappa shape index (κ2) is 8.50. The highest BCUT2D eigenvalue weighted by molar-refractivity contribution is 5.74. The molecule has 0 radical (unpaired) electrons. The van der Waals surface area contributed by atoms with E-state index in [9.17, 15) is 13.6 Å². The Hall–Kier alpha value is -2.77. The van der Waals surface area contributed by atoms with E-state index in [1.165, 1.54) is 12.1 Å². The van der Waals surface area contributed by atoms with Gasteiger partial charge in [0.25, 0.3) is 5.92 Å². The minimum Gasteiger partial charge on any atom is -0.353 e. The van der Waals surface area contributed by atoms with Crippen LogP contribution >= 0.6 is 0 Å². The van der Waals surface area contributed by atoms with E-state index in [2.05, 4.69) is 20.4 Å². The highest BCUT2D eigenvalue weighted by Gasteiger charge is 2.27. The number of nitrogens with one attached hydrogen (secondary N) is 1. The summed E-state index contributed by atoms with van der Waals surface area (Å²) in [6, 6.07) is 9.70. The van der Waals surface area contributed by atoms with Gasteiger partial charge in [-0.1, -0.05) is 18.2 Å². The van der Waals surface area contributed by atoms with E-state index in [4.69, 9.17) is 0 Å². The summed E-state index contributed by atoms with van der Waals surface area (Å²) in [7, 11) is 1.76. The lowest BCUT2D eigenvalue weighted by Crippen LogP contribution is -2.51. The maximum atomic E-state index is 13.5. The van der Waals surface area contributed by atoms with Gasteiger partial charge in [-0.3, -0.25) is 0 Å². The second-order valence-electron chi connectivity index (χ2n) is 7.18. The van der Waals surface area contributed by atoms with Crippen molar-refractivity contribution in [3.8, 4) is 0 Å². The SMILES string of the molecule is CN(C(=O)NCc1cccc(C(C)(F)F)c1)[C@@H]1CCCN(c2cccnn2)C1. The third kappa shape index (κ3) is 4.94. The average Bonchev–Trinajstić information content (AvgIpc) is 2.72. The van der Waals surface area contributed by atoms with Crippen LogP contribution in [0.1, 0.15) is 30.9 Å². The maximum absolute atomic E-state index is 13.5. The number of benzene rings is 1. The summed E-state index contributed by atoms with van der Waals surface area (Å²) in [4.78, 5) is 16.4. The highest BCUT2D eigenvalue weighted by atomic mass is 19.3. The van der Waals surface area contributed by atoms with Gasteiger partial charge in [-0.15, -0.1) is 5.10 Å². The number of piperidine rings is 1. The molecule has 0 bridgehead atoms. The first kappa shape index (κ1) is 20.0. The van der Waals surface area contributed by atoms with Crippen LogP contribution in [-0.4, -0.2) is 47.3 Å². The molecule has 150 valence electrons. The minimum atomic E-state index is -2.90. The number of halogens is 2. The Balaban J connectivity index is 1.57. The molecule has 28 heavy (non-hydrogen) atoms. The van der Waals surface area contributed by atoms with Gasteiger partial charge >= 0.3 is 6.03 Å². The van der Waals surface area contributed by atoms with Gasteiger partial charge in [0.15, 0.2) is 5.82 Å². The largest absolute Gasteiger partial charge is 0.353 e. The molecule has 2 heterocycles. The van der Waals surface area contributed by atoms with Gasteiger partial charge in [-0.25, -0.2) is 13.6 Å². The quantitative estimate of drug-likeness (QED) is 0.852. The van der Waals surface area contributed by atoms with Crippen molar-refractivity contribution in [1.82, 2.24) is 20.4 Å². The van der Waals surface area contributed by atoms with E-state index in [0.717, 1.165) is 32.1 Å². The molecule has 1 saturated heterocycles. The van der Waals surface area contributed by atoms with Crippen LogP contribution in [0.15, 0.2) is 42.6 Å². The summed E-state index contributed by atoms with van der Waals surface area (Å²) in [5, 5.41) is 10.9. The van der Waals surface area contributed by atoms with E-state index in [-0.39, 0.29) is 24.2 Å². The van der Waals surface area contributed by atoms with Crippen LogP contribution in [0.4, 0.5) is 19.4 Å². The van der Waals surface area contributed by atoms with Crippen molar-refractivity contribution >= 4 is 11.8 Å². The first-order chi connectivity index (χ1) is 13.3. The van der Waals surface area contributed by atoms with Crippen LogP contribution in [0, 0.1) is 0 Å². The number of hydrogen-bond donors (Lipinski definition) is 1. The Morgan fingerprint density at radius 3 is 2.89 bits per heavy atom. The molecule has 1 N–H and O–H groups in total. The van der Waals surface area contributed by atoms with Crippen LogP contribution in [0.25, 0.3) is 0 Å². The molecule has 1 fully saturated rings. The Bertz CT molecular complexity index is 797. The zero-order valence-corrected chi connectivity index (χ0v) is 16.1. The Morgan fingerprint density at radius 2 is 2.18 bits per heavy atom. The molecule has 0 saturated carbocycles. The molecule has 2 aromatic rings. The number of carbonyl (C=O) groups excluding carboxylic acids is 1. The van der Waals surface area contributed by atoms with Gasteiger partial charge < -0.3 is 15.1 Å². The Labute approximate surface area is 163 Å². The monoisotopic (exact) mass is 389 g/mol. The lowest BCUT2D eigenvalue weighted by Gasteiger charge is -2.38. The van der Waals surface area contributed by atoms with E-state index in [0.29, 0.717) is 12.1 Å². The number of hydrogen-bond acceptors (Lipinski definition) is 4. The average molecular weight is 389 g/mol. The molecular weight excluding hydrogens is 364 g/mol. The standard InChI is InChI=1S/C20H25F2N5O/c1-20(21,22)16-7-3-6-15(12-16)13-23-19(28)26(2)17-8-5-11-27(14-17)18-9-4-10-24-25-18/h3-4,6-7,9-10,12,17H,5,8,11,13-14H2,1-2H3,(H,23,28)/t17-/m1/s1. The van der Waals surface area contributed by atoms with Crippen molar-refractivity contribution in [2.75, 3.05) is 25.0 Å². The molecule has 1 aromatic carbocycles. The van der Waals surface area contributed by atoms with Crippen LogP contribution in [0.2, 0.25) is 0 Å².